The van der Waals surface area contributed by atoms with Crippen molar-refractivity contribution in [2.75, 3.05) is 25.0 Å². The summed E-state index contributed by atoms with van der Waals surface area (Å²) < 4.78 is 0. The summed E-state index contributed by atoms with van der Waals surface area (Å²) in [6.07, 6.45) is 6.94. The molecule has 2 aliphatic rings. The van der Waals surface area contributed by atoms with Crippen LogP contribution >= 0.6 is 0 Å². The highest BCUT2D eigenvalue weighted by atomic mass is 16.4. The van der Waals surface area contributed by atoms with Gasteiger partial charge in [0.2, 0.25) is 17.7 Å². The number of hydrogen-bond donors (Lipinski definition) is 6. The SMILES string of the molecule is CC.O=C(O)CCC(=O)NCC(=O)N[C@H](CC(=O)NCCCCCCN1N=C(c2ccc(NC(=O)N3Cc4ccncc4C3)cc2)CC(c2ccc3cccnc3c2)C1=O)C(=O)O. The van der Waals surface area contributed by atoms with E-state index < -0.39 is 61.0 Å². The Hall–Kier alpha value is -7.24. The Morgan fingerprint density at radius 2 is 1.59 bits per heavy atom. The van der Waals surface area contributed by atoms with E-state index in [0.29, 0.717) is 57.4 Å². The molecular weight excluding hydrogens is 811 g/mol. The zero-order valence-electron chi connectivity index (χ0n) is 35.3. The van der Waals surface area contributed by atoms with Crippen molar-refractivity contribution in [2.24, 2.45) is 5.10 Å². The second-order valence-electron chi connectivity index (χ2n) is 14.8. The number of amides is 6. The second-order valence-corrected chi connectivity index (χ2v) is 14.8. The molecule has 0 saturated carbocycles. The average Bonchev–Trinajstić information content (AvgIpc) is 3.73. The third-order valence-electron chi connectivity index (χ3n) is 10.4. The molecule has 0 radical (unpaired) electrons. The van der Waals surface area contributed by atoms with E-state index in [0.717, 1.165) is 38.9 Å². The van der Waals surface area contributed by atoms with Gasteiger partial charge in [-0.1, -0.05) is 57.0 Å². The summed E-state index contributed by atoms with van der Waals surface area (Å²) in [6.45, 7) is 5.05. The number of anilines is 1. The topological polar surface area (TPSA) is 253 Å². The highest BCUT2D eigenvalue weighted by Gasteiger charge is 2.33. The first kappa shape index (κ1) is 46.8. The van der Waals surface area contributed by atoms with E-state index in [1.165, 1.54) is 5.01 Å². The predicted octanol–water partition coefficient (Wildman–Crippen LogP) is 4.54. The standard InChI is InChI=1S/C43H47N9O9.C2H6/c53-37(13-14-40(56)57)47-24-39(55)49-36(42(59)60)22-38(54)46-16-3-1-2-4-19-52-41(58)33(29-8-7-27-6-5-17-45-34(27)20-29)21-35(50-52)28-9-11-32(12-10-28)48-43(61)51-25-30-15-18-44-23-31(30)26-51;1-2/h5-12,15,17-18,20,23,33,36H,1-4,13-14,16,19,21-22,24-26H2,(H,46,54)(H,47,53)(H,48,61)(H,49,55)(H,56,57)(H,59,60);1-2H3/t33?,36-;/m1./s1. The maximum atomic E-state index is 14.0. The minimum absolute atomic E-state index is 0.127. The molecule has 2 aromatic heterocycles. The number of carbonyl (C=O) groups is 7. The van der Waals surface area contributed by atoms with E-state index in [1.54, 1.807) is 23.5 Å². The summed E-state index contributed by atoms with van der Waals surface area (Å²) in [4.78, 5) is 95.9. The molecule has 4 heterocycles. The monoisotopic (exact) mass is 863 g/mol. The van der Waals surface area contributed by atoms with E-state index in [9.17, 15) is 38.7 Å². The smallest absolute Gasteiger partial charge is 0.326 e. The van der Waals surface area contributed by atoms with Crippen LogP contribution in [0, 0.1) is 0 Å². The van der Waals surface area contributed by atoms with Gasteiger partial charge in [0.25, 0.3) is 5.91 Å². The lowest BCUT2D eigenvalue weighted by Gasteiger charge is -2.30. The normalized spacial score (nSPS) is 14.7. The number of nitrogens with zero attached hydrogens (tertiary/aromatic N) is 5. The van der Waals surface area contributed by atoms with Gasteiger partial charge in [-0.15, -0.1) is 0 Å². The molecular formula is C45H53N9O9. The summed E-state index contributed by atoms with van der Waals surface area (Å²) in [5.41, 5.74) is 5.89. The fourth-order valence-electron chi connectivity index (χ4n) is 7.06. The Labute approximate surface area is 364 Å². The Kier molecular flexibility index (Phi) is 17.2. The van der Waals surface area contributed by atoms with Crippen LogP contribution in [0.4, 0.5) is 10.5 Å². The fourth-order valence-corrected chi connectivity index (χ4v) is 7.06. The van der Waals surface area contributed by atoms with Crippen molar-refractivity contribution in [3.63, 3.8) is 0 Å². The van der Waals surface area contributed by atoms with Crippen molar-refractivity contribution in [1.29, 1.82) is 0 Å². The predicted molar refractivity (Wildman–Crippen MR) is 233 cm³/mol. The number of rotatable bonds is 19. The largest absolute Gasteiger partial charge is 0.481 e. The van der Waals surface area contributed by atoms with Gasteiger partial charge < -0.3 is 36.4 Å². The van der Waals surface area contributed by atoms with Crippen LogP contribution in [0.5, 0.6) is 0 Å². The lowest BCUT2D eigenvalue weighted by atomic mass is 9.88. The number of urea groups is 1. The third kappa shape index (κ3) is 13.6. The van der Waals surface area contributed by atoms with Gasteiger partial charge in [0.1, 0.15) is 6.04 Å². The molecule has 0 fully saturated rings. The van der Waals surface area contributed by atoms with Crippen LogP contribution in [-0.2, 0) is 41.9 Å². The molecule has 0 spiro atoms. The Morgan fingerprint density at radius 1 is 0.825 bits per heavy atom. The van der Waals surface area contributed by atoms with Gasteiger partial charge in [-0.3, -0.25) is 33.9 Å². The maximum Gasteiger partial charge on any atom is 0.326 e. The van der Waals surface area contributed by atoms with Gasteiger partial charge in [0.15, 0.2) is 0 Å². The molecule has 1 unspecified atom stereocenters. The number of hydrazone groups is 1. The third-order valence-corrected chi connectivity index (χ3v) is 10.4. The van der Waals surface area contributed by atoms with E-state index in [1.807, 2.05) is 74.5 Å². The highest BCUT2D eigenvalue weighted by molar-refractivity contribution is 6.07. The Balaban J connectivity index is 0.00000369. The number of hydrogen-bond acceptors (Lipinski definition) is 10. The highest BCUT2D eigenvalue weighted by Crippen LogP contribution is 2.32. The van der Waals surface area contributed by atoms with E-state index in [2.05, 4.69) is 31.2 Å². The van der Waals surface area contributed by atoms with Crippen LogP contribution in [0.3, 0.4) is 0 Å². The van der Waals surface area contributed by atoms with Crippen LogP contribution in [0.25, 0.3) is 10.9 Å². The molecule has 6 amide bonds. The molecule has 18 heteroatoms. The second kappa shape index (κ2) is 23.1. The Morgan fingerprint density at radius 3 is 2.33 bits per heavy atom. The molecule has 63 heavy (non-hydrogen) atoms. The summed E-state index contributed by atoms with van der Waals surface area (Å²) in [6, 6.07) is 17.3. The number of aliphatic carboxylic acids is 2. The first-order valence-electron chi connectivity index (χ1n) is 21.0. The van der Waals surface area contributed by atoms with Gasteiger partial charge in [0.05, 0.1) is 36.5 Å². The molecule has 2 atom stereocenters. The van der Waals surface area contributed by atoms with E-state index in [-0.39, 0.29) is 24.9 Å². The fraction of sp³-hybridized carbons (Fsp3) is 0.378. The van der Waals surface area contributed by atoms with Crippen LogP contribution in [0.1, 0.15) is 93.4 Å². The molecule has 6 rings (SSSR count). The van der Waals surface area contributed by atoms with Crippen molar-refractivity contribution in [3.8, 4) is 0 Å². The maximum absolute atomic E-state index is 14.0. The lowest BCUT2D eigenvalue weighted by Crippen LogP contribution is -2.47. The molecule has 4 aromatic rings. The summed E-state index contributed by atoms with van der Waals surface area (Å²) in [5, 5.41) is 35.4. The van der Waals surface area contributed by atoms with Crippen molar-refractivity contribution in [2.45, 2.75) is 90.3 Å². The summed E-state index contributed by atoms with van der Waals surface area (Å²) in [5.74, 6) is -5.33. The van der Waals surface area contributed by atoms with E-state index in [4.69, 9.17) is 10.2 Å². The van der Waals surface area contributed by atoms with Crippen molar-refractivity contribution >= 4 is 63.9 Å². The van der Waals surface area contributed by atoms with Crippen LogP contribution in [-0.4, -0.2) is 103 Å². The number of carbonyl (C=O) groups excluding carboxylic acids is 5. The van der Waals surface area contributed by atoms with Gasteiger partial charge in [0, 0.05) is 68.7 Å². The number of carboxylic acid groups (broad SMARTS) is 2. The molecule has 0 saturated heterocycles. The Bertz CT molecular complexity index is 2290. The number of pyridine rings is 2. The van der Waals surface area contributed by atoms with Crippen LogP contribution < -0.4 is 21.3 Å². The number of benzene rings is 2. The summed E-state index contributed by atoms with van der Waals surface area (Å²) in [7, 11) is 0. The van der Waals surface area contributed by atoms with Crippen molar-refractivity contribution in [3.05, 3.63) is 102 Å². The van der Waals surface area contributed by atoms with Crippen molar-refractivity contribution < 1.29 is 43.8 Å². The van der Waals surface area contributed by atoms with Crippen LogP contribution in [0.2, 0.25) is 0 Å². The minimum atomic E-state index is -1.53. The van der Waals surface area contributed by atoms with Gasteiger partial charge in [-0.2, -0.15) is 5.10 Å². The molecule has 18 nitrogen and oxygen atoms in total. The first-order valence-corrected chi connectivity index (χ1v) is 21.0. The molecule has 0 bridgehead atoms. The molecule has 6 N–H and O–H groups in total. The zero-order valence-corrected chi connectivity index (χ0v) is 35.3. The van der Waals surface area contributed by atoms with Gasteiger partial charge in [-0.05, 0) is 65.4 Å². The first-order chi connectivity index (χ1) is 30.4. The number of carboxylic acids is 2. The van der Waals surface area contributed by atoms with Gasteiger partial charge >= 0.3 is 18.0 Å². The minimum Gasteiger partial charge on any atom is -0.481 e. The molecule has 2 aromatic carbocycles. The van der Waals surface area contributed by atoms with E-state index >= 15 is 0 Å². The lowest BCUT2D eigenvalue weighted by molar-refractivity contribution is -0.143. The number of aromatic nitrogens is 2. The number of unbranched alkanes of at least 4 members (excludes halogenated alkanes) is 3. The average molecular weight is 864 g/mol. The quantitative estimate of drug-likeness (QED) is 0.0714. The molecule has 2 aliphatic heterocycles. The van der Waals surface area contributed by atoms with Gasteiger partial charge in [-0.25, -0.2) is 14.6 Å². The zero-order chi connectivity index (χ0) is 45.3. The number of fused-ring (bicyclic) bond motifs is 2. The van der Waals surface area contributed by atoms with Crippen LogP contribution in [0.15, 0.2) is 84.4 Å². The number of nitrogens with one attached hydrogen (secondary N) is 4. The summed E-state index contributed by atoms with van der Waals surface area (Å²) >= 11 is 0. The van der Waals surface area contributed by atoms with Crippen molar-refractivity contribution in [1.82, 2.24) is 35.8 Å². The molecule has 332 valence electrons. The molecule has 0 aliphatic carbocycles.